The molecule has 1 heterocycles. The molecule has 0 aromatic heterocycles. The molecule has 0 spiro atoms. The molecule has 0 amide bonds. The molecule has 100 valence electrons. The van der Waals surface area contributed by atoms with Crippen LogP contribution in [0.4, 0.5) is 0 Å². The molecular formula is C13H18BrNO2S. The standard InChI is InChI=1S/C13H18BrNO2S/c1-9(2-3-15)18-8-10-6-12-13(7-11(10)14)17-5-4-16-12/h6-7,9H,2-5,8,15H2,1H3. The molecule has 18 heavy (non-hydrogen) atoms. The van der Waals surface area contributed by atoms with E-state index in [4.69, 9.17) is 15.2 Å². The van der Waals surface area contributed by atoms with Gasteiger partial charge in [0.1, 0.15) is 13.2 Å². The lowest BCUT2D eigenvalue weighted by Crippen LogP contribution is -2.15. The van der Waals surface area contributed by atoms with Crippen LogP contribution in [-0.2, 0) is 5.75 Å². The molecule has 2 N–H and O–H groups in total. The predicted molar refractivity (Wildman–Crippen MR) is 79.6 cm³/mol. The maximum atomic E-state index is 5.60. The normalized spacial score (nSPS) is 15.5. The molecule has 1 aromatic rings. The van der Waals surface area contributed by atoms with E-state index in [1.165, 1.54) is 5.56 Å². The highest BCUT2D eigenvalue weighted by Crippen LogP contribution is 2.37. The number of thioether (sulfide) groups is 1. The second kappa shape index (κ2) is 6.68. The van der Waals surface area contributed by atoms with E-state index in [2.05, 4.69) is 28.9 Å². The average molecular weight is 332 g/mol. The maximum Gasteiger partial charge on any atom is 0.162 e. The molecule has 1 aromatic carbocycles. The van der Waals surface area contributed by atoms with Gasteiger partial charge in [0, 0.05) is 15.5 Å². The molecule has 0 fully saturated rings. The van der Waals surface area contributed by atoms with Crippen LogP contribution >= 0.6 is 27.7 Å². The van der Waals surface area contributed by atoms with E-state index in [1.807, 2.05) is 17.8 Å². The first-order valence-corrected chi connectivity index (χ1v) is 7.94. The Morgan fingerprint density at radius 1 is 1.33 bits per heavy atom. The zero-order chi connectivity index (χ0) is 13.0. The van der Waals surface area contributed by atoms with E-state index in [-0.39, 0.29) is 0 Å². The third-order valence-corrected chi connectivity index (χ3v) is 4.83. The molecule has 3 nitrogen and oxygen atoms in total. The molecule has 0 bridgehead atoms. The third-order valence-electron chi connectivity index (χ3n) is 2.81. The number of halogens is 1. The van der Waals surface area contributed by atoms with Crippen molar-refractivity contribution in [2.75, 3.05) is 19.8 Å². The fourth-order valence-electron chi connectivity index (χ4n) is 1.77. The molecular weight excluding hydrogens is 314 g/mol. The van der Waals surface area contributed by atoms with E-state index >= 15 is 0 Å². The zero-order valence-corrected chi connectivity index (χ0v) is 12.9. The molecule has 2 rings (SSSR count). The SMILES string of the molecule is CC(CCN)SCc1cc2c(cc1Br)OCCO2. The molecule has 1 atom stereocenters. The van der Waals surface area contributed by atoms with Crippen LogP contribution in [0, 0.1) is 0 Å². The highest BCUT2D eigenvalue weighted by Gasteiger charge is 2.15. The van der Waals surface area contributed by atoms with E-state index in [0.29, 0.717) is 18.5 Å². The first kappa shape index (κ1) is 14.0. The molecule has 1 unspecified atom stereocenters. The lowest BCUT2D eigenvalue weighted by molar-refractivity contribution is 0.171. The summed E-state index contributed by atoms with van der Waals surface area (Å²) in [5, 5.41) is 0.579. The van der Waals surface area contributed by atoms with Gasteiger partial charge in [0.15, 0.2) is 11.5 Å². The second-order valence-electron chi connectivity index (χ2n) is 4.29. The molecule has 0 aliphatic carbocycles. The Bertz CT molecular complexity index is 414. The quantitative estimate of drug-likeness (QED) is 0.899. The zero-order valence-electron chi connectivity index (χ0n) is 10.4. The van der Waals surface area contributed by atoms with Crippen molar-refractivity contribution in [3.05, 3.63) is 22.2 Å². The van der Waals surface area contributed by atoms with Crippen LogP contribution in [0.3, 0.4) is 0 Å². The van der Waals surface area contributed by atoms with Crippen LogP contribution in [-0.4, -0.2) is 25.0 Å². The van der Waals surface area contributed by atoms with Gasteiger partial charge in [-0.1, -0.05) is 22.9 Å². The fraction of sp³-hybridized carbons (Fsp3) is 0.538. The van der Waals surface area contributed by atoms with Gasteiger partial charge in [-0.25, -0.2) is 0 Å². The van der Waals surface area contributed by atoms with E-state index in [1.54, 1.807) is 0 Å². The van der Waals surface area contributed by atoms with Crippen molar-refractivity contribution in [1.82, 2.24) is 0 Å². The summed E-state index contributed by atoms with van der Waals surface area (Å²) in [5.41, 5.74) is 6.80. The Kier molecular flexibility index (Phi) is 5.21. The van der Waals surface area contributed by atoms with Gasteiger partial charge in [-0.2, -0.15) is 11.8 Å². The lowest BCUT2D eigenvalue weighted by atomic mass is 10.2. The van der Waals surface area contributed by atoms with Crippen molar-refractivity contribution in [1.29, 1.82) is 0 Å². The Labute approximate surface area is 121 Å². The van der Waals surface area contributed by atoms with Crippen LogP contribution in [0.2, 0.25) is 0 Å². The summed E-state index contributed by atoms with van der Waals surface area (Å²) in [6.45, 7) is 4.21. The summed E-state index contributed by atoms with van der Waals surface area (Å²) < 4.78 is 12.2. The Morgan fingerprint density at radius 2 is 2.00 bits per heavy atom. The highest BCUT2D eigenvalue weighted by molar-refractivity contribution is 9.10. The van der Waals surface area contributed by atoms with E-state index in [9.17, 15) is 0 Å². The minimum absolute atomic E-state index is 0.579. The first-order valence-electron chi connectivity index (χ1n) is 6.10. The van der Waals surface area contributed by atoms with Crippen LogP contribution in [0.1, 0.15) is 18.9 Å². The number of nitrogens with two attached hydrogens (primary N) is 1. The highest BCUT2D eigenvalue weighted by atomic mass is 79.9. The van der Waals surface area contributed by atoms with Crippen molar-refractivity contribution < 1.29 is 9.47 Å². The molecule has 1 aliphatic rings. The van der Waals surface area contributed by atoms with Gasteiger partial charge < -0.3 is 15.2 Å². The number of benzene rings is 1. The van der Waals surface area contributed by atoms with Crippen molar-refractivity contribution in [2.24, 2.45) is 5.73 Å². The predicted octanol–water partition coefficient (Wildman–Crippen LogP) is 3.19. The van der Waals surface area contributed by atoms with Crippen LogP contribution in [0.5, 0.6) is 11.5 Å². The number of rotatable bonds is 5. The minimum atomic E-state index is 0.579. The number of hydrogen-bond donors (Lipinski definition) is 1. The maximum absolute atomic E-state index is 5.60. The summed E-state index contributed by atoms with van der Waals surface area (Å²) >= 11 is 5.50. The number of fused-ring (bicyclic) bond motifs is 1. The van der Waals surface area contributed by atoms with Crippen LogP contribution in [0.15, 0.2) is 16.6 Å². The van der Waals surface area contributed by atoms with Crippen LogP contribution in [0.25, 0.3) is 0 Å². The largest absolute Gasteiger partial charge is 0.486 e. The van der Waals surface area contributed by atoms with Gasteiger partial charge in [0.05, 0.1) is 0 Å². The Hall–Kier alpha value is -0.390. The van der Waals surface area contributed by atoms with Crippen molar-refractivity contribution >= 4 is 27.7 Å². The van der Waals surface area contributed by atoms with Gasteiger partial charge in [0.25, 0.3) is 0 Å². The van der Waals surface area contributed by atoms with E-state index in [0.717, 1.165) is 34.7 Å². The van der Waals surface area contributed by atoms with Crippen LogP contribution < -0.4 is 15.2 Å². The molecule has 0 saturated heterocycles. The van der Waals surface area contributed by atoms with E-state index < -0.39 is 0 Å². The topological polar surface area (TPSA) is 44.5 Å². The number of ether oxygens (including phenoxy) is 2. The van der Waals surface area contributed by atoms with Gasteiger partial charge >= 0.3 is 0 Å². The smallest absolute Gasteiger partial charge is 0.162 e. The Balaban J connectivity index is 2.04. The third kappa shape index (κ3) is 3.56. The van der Waals surface area contributed by atoms with Gasteiger partial charge in [-0.15, -0.1) is 0 Å². The second-order valence-corrected chi connectivity index (χ2v) is 6.57. The summed E-state index contributed by atoms with van der Waals surface area (Å²) in [6, 6.07) is 4.07. The molecule has 0 radical (unpaired) electrons. The molecule has 5 heteroatoms. The summed E-state index contributed by atoms with van der Waals surface area (Å²) in [6.07, 6.45) is 1.05. The van der Waals surface area contributed by atoms with Crippen molar-refractivity contribution in [3.8, 4) is 11.5 Å². The Morgan fingerprint density at radius 3 is 2.67 bits per heavy atom. The lowest BCUT2D eigenvalue weighted by Gasteiger charge is -2.20. The average Bonchev–Trinajstić information content (AvgIpc) is 2.36. The summed E-state index contributed by atoms with van der Waals surface area (Å²) in [5.74, 6) is 2.64. The van der Waals surface area contributed by atoms with Gasteiger partial charge in [0.2, 0.25) is 0 Å². The first-order chi connectivity index (χ1) is 8.70. The van der Waals surface area contributed by atoms with Crippen molar-refractivity contribution in [3.63, 3.8) is 0 Å². The monoisotopic (exact) mass is 331 g/mol. The fourth-order valence-corrected chi connectivity index (χ4v) is 3.42. The van der Waals surface area contributed by atoms with Gasteiger partial charge in [-0.3, -0.25) is 0 Å². The summed E-state index contributed by atoms with van der Waals surface area (Å²) in [4.78, 5) is 0. The molecule has 1 aliphatic heterocycles. The molecule has 0 saturated carbocycles. The minimum Gasteiger partial charge on any atom is -0.486 e. The van der Waals surface area contributed by atoms with Gasteiger partial charge in [-0.05, 0) is 30.7 Å². The van der Waals surface area contributed by atoms with Crippen molar-refractivity contribution in [2.45, 2.75) is 24.3 Å². The summed E-state index contributed by atoms with van der Waals surface area (Å²) in [7, 11) is 0. The number of hydrogen-bond acceptors (Lipinski definition) is 4.